The van der Waals surface area contributed by atoms with Crippen molar-refractivity contribution in [3.05, 3.63) is 51.7 Å². The zero-order valence-electron chi connectivity index (χ0n) is 24.1. The molecule has 0 unspecified atom stereocenters. The van der Waals surface area contributed by atoms with Crippen LogP contribution in [-0.2, 0) is 14.3 Å². The highest BCUT2D eigenvalue weighted by Crippen LogP contribution is 2.36. The summed E-state index contributed by atoms with van der Waals surface area (Å²) in [4.78, 5) is 60.4. The number of thiazole rings is 1. The lowest BCUT2D eigenvalue weighted by molar-refractivity contribution is -0.140. The topological polar surface area (TPSA) is 109 Å². The number of ketones is 1. The van der Waals surface area contributed by atoms with Crippen LogP contribution < -0.4 is 5.32 Å². The third kappa shape index (κ3) is 7.30. The third-order valence-electron chi connectivity index (χ3n) is 7.95. The Morgan fingerprint density at radius 2 is 1.73 bits per heavy atom. The number of likely N-dealkylation sites (tertiary alicyclic amines) is 1. The van der Waals surface area contributed by atoms with Crippen LogP contribution in [0.5, 0.6) is 0 Å². The van der Waals surface area contributed by atoms with E-state index in [1.165, 1.54) is 47.5 Å². The van der Waals surface area contributed by atoms with Gasteiger partial charge in [0, 0.05) is 24.5 Å². The summed E-state index contributed by atoms with van der Waals surface area (Å²) in [7, 11) is 1.51. The summed E-state index contributed by atoms with van der Waals surface area (Å²) in [6.07, 6.45) is 5.32. The van der Waals surface area contributed by atoms with Gasteiger partial charge in [-0.2, -0.15) is 0 Å². The molecule has 1 aliphatic carbocycles. The number of nitrogens with one attached hydrogen (secondary N) is 1. The second-order valence-electron chi connectivity index (χ2n) is 11.2. The number of aromatic nitrogens is 1. The molecule has 1 aliphatic heterocycles. The average molecular weight is 587 g/mol. The van der Waals surface area contributed by atoms with Crippen LogP contribution in [-0.4, -0.2) is 70.3 Å². The van der Waals surface area contributed by atoms with Gasteiger partial charge in [-0.25, -0.2) is 14.2 Å². The van der Waals surface area contributed by atoms with Gasteiger partial charge in [0.2, 0.25) is 17.6 Å². The van der Waals surface area contributed by atoms with Gasteiger partial charge in [-0.1, -0.05) is 19.3 Å². The molecule has 41 heavy (non-hydrogen) atoms. The van der Waals surface area contributed by atoms with Crippen molar-refractivity contribution in [2.24, 2.45) is 5.92 Å². The molecule has 0 bridgehead atoms. The fourth-order valence-electron chi connectivity index (χ4n) is 5.50. The van der Waals surface area contributed by atoms with E-state index in [0.29, 0.717) is 23.5 Å². The van der Waals surface area contributed by atoms with Crippen LogP contribution in [0.2, 0.25) is 0 Å². The van der Waals surface area contributed by atoms with E-state index < -0.39 is 29.9 Å². The molecule has 2 aliphatic rings. The maximum atomic E-state index is 14.1. The van der Waals surface area contributed by atoms with E-state index >= 15 is 0 Å². The number of likely N-dealkylation sites (N-methyl/N-ethyl adjacent to an activating group) is 1. The first-order valence-corrected chi connectivity index (χ1v) is 15.2. The Morgan fingerprint density at radius 3 is 2.39 bits per heavy atom. The van der Waals surface area contributed by atoms with Crippen molar-refractivity contribution in [1.29, 1.82) is 0 Å². The number of benzene rings is 1. The highest BCUT2D eigenvalue weighted by Gasteiger charge is 2.40. The second-order valence-corrected chi connectivity index (χ2v) is 12.1. The Labute approximate surface area is 244 Å². The van der Waals surface area contributed by atoms with Crippen LogP contribution in [0.15, 0.2) is 29.6 Å². The average Bonchev–Trinajstić information content (AvgIpc) is 3.65. The first-order valence-electron chi connectivity index (χ1n) is 14.4. The Kier molecular flexibility index (Phi) is 10.1. The lowest BCUT2D eigenvalue weighted by Crippen LogP contribution is -2.56. The number of nitrogens with zero attached hydrogens (tertiary/aromatic N) is 3. The summed E-state index contributed by atoms with van der Waals surface area (Å²) in [6.45, 7) is 5.63. The first kappa shape index (κ1) is 30.6. The molecular weight excluding hydrogens is 547 g/mol. The zero-order chi connectivity index (χ0) is 29.7. The number of ether oxygens (including phenoxy) is 1. The Balaban J connectivity index is 1.51. The van der Waals surface area contributed by atoms with Crippen molar-refractivity contribution in [2.75, 3.05) is 13.6 Å². The molecule has 2 heterocycles. The predicted molar refractivity (Wildman–Crippen MR) is 153 cm³/mol. The van der Waals surface area contributed by atoms with Gasteiger partial charge in [-0.3, -0.25) is 19.3 Å². The zero-order valence-corrected chi connectivity index (χ0v) is 24.9. The molecule has 1 N–H and O–H groups in total. The van der Waals surface area contributed by atoms with Crippen LogP contribution in [0, 0.1) is 11.7 Å². The maximum absolute atomic E-state index is 14.1. The highest BCUT2D eigenvalue weighted by molar-refractivity contribution is 7.10. The lowest BCUT2D eigenvalue weighted by atomic mass is 9.83. The molecule has 0 radical (unpaired) electrons. The number of carbonyl (C=O) groups is 4. The first-order chi connectivity index (χ1) is 19.6. The number of hydrogen-bond acceptors (Lipinski definition) is 7. The molecule has 1 aromatic heterocycles. The van der Waals surface area contributed by atoms with Crippen molar-refractivity contribution in [3.8, 4) is 0 Å². The number of amides is 3. The molecule has 1 aromatic carbocycles. The van der Waals surface area contributed by atoms with Crippen molar-refractivity contribution < 1.29 is 28.3 Å². The summed E-state index contributed by atoms with van der Waals surface area (Å²) >= 11 is 1.33. The minimum Gasteiger partial charge on any atom is -0.447 e. The second kappa shape index (κ2) is 13.5. The minimum absolute atomic E-state index is 0.00604. The SMILES string of the molecule is CC(C)OC(=O)N(C)[C@H](C)C(=O)N[C@H](C(=O)N1CCC[C@H]1c1nc(C(=O)c2ccc(F)cc2)cs1)C1CCCCC1. The van der Waals surface area contributed by atoms with Crippen molar-refractivity contribution in [1.82, 2.24) is 20.1 Å². The van der Waals surface area contributed by atoms with Gasteiger partial charge in [0.25, 0.3) is 0 Å². The van der Waals surface area contributed by atoms with E-state index in [1.54, 1.807) is 31.1 Å². The van der Waals surface area contributed by atoms with Crippen LogP contribution in [0.3, 0.4) is 0 Å². The molecule has 2 fully saturated rings. The van der Waals surface area contributed by atoms with Gasteiger partial charge in [-0.15, -0.1) is 11.3 Å². The standard InChI is InChI=1S/C30H39FN4O5S/c1-18(2)40-30(39)34(4)19(3)27(37)33-25(20-9-6-5-7-10-20)29(38)35-16-8-11-24(35)28-32-23(17-41-28)26(36)21-12-14-22(31)15-13-21/h12-15,17-20,24-25H,5-11,16H2,1-4H3,(H,33,37)/t19-,24+,25+/m1/s1. The van der Waals surface area contributed by atoms with E-state index in [0.717, 1.165) is 38.5 Å². The van der Waals surface area contributed by atoms with E-state index in [2.05, 4.69) is 10.3 Å². The van der Waals surface area contributed by atoms with E-state index in [4.69, 9.17) is 4.74 Å². The summed E-state index contributed by atoms with van der Waals surface area (Å²) in [5.41, 5.74) is 0.609. The summed E-state index contributed by atoms with van der Waals surface area (Å²) in [5, 5.41) is 5.34. The van der Waals surface area contributed by atoms with Crippen LogP contribution in [0.25, 0.3) is 0 Å². The van der Waals surface area contributed by atoms with Gasteiger partial charge in [0.05, 0.1) is 12.1 Å². The summed E-state index contributed by atoms with van der Waals surface area (Å²) in [5.74, 6) is -1.29. The molecule has 1 saturated carbocycles. The predicted octanol–water partition coefficient (Wildman–Crippen LogP) is 5.11. The molecule has 0 spiro atoms. The molecule has 11 heteroatoms. The molecule has 2 aromatic rings. The van der Waals surface area contributed by atoms with Gasteiger partial charge < -0.3 is 15.0 Å². The van der Waals surface area contributed by atoms with Crippen LogP contribution in [0.1, 0.15) is 92.8 Å². The van der Waals surface area contributed by atoms with Gasteiger partial charge >= 0.3 is 6.09 Å². The van der Waals surface area contributed by atoms with E-state index in [9.17, 15) is 23.6 Å². The molecule has 3 atom stereocenters. The smallest absolute Gasteiger partial charge is 0.410 e. The number of hydrogen-bond donors (Lipinski definition) is 1. The van der Waals surface area contributed by atoms with Crippen molar-refractivity contribution in [3.63, 3.8) is 0 Å². The highest BCUT2D eigenvalue weighted by atomic mass is 32.1. The Bertz CT molecular complexity index is 1240. The fourth-order valence-corrected chi connectivity index (χ4v) is 6.45. The number of halogens is 1. The third-order valence-corrected chi connectivity index (χ3v) is 8.90. The lowest BCUT2D eigenvalue weighted by Gasteiger charge is -2.35. The van der Waals surface area contributed by atoms with Crippen molar-refractivity contribution >= 4 is 35.0 Å². The maximum Gasteiger partial charge on any atom is 0.410 e. The Hall–Kier alpha value is -3.34. The number of rotatable bonds is 9. The molecule has 222 valence electrons. The molecule has 9 nitrogen and oxygen atoms in total. The Morgan fingerprint density at radius 1 is 1.05 bits per heavy atom. The van der Waals surface area contributed by atoms with Crippen LogP contribution in [0.4, 0.5) is 9.18 Å². The normalized spacial score (nSPS) is 19.1. The fraction of sp³-hybridized carbons (Fsp3) is 0.567. The minimum atomic E-state index is -0.825. The van der Waals surface area contributed by atoms with Gasteiger partial charge in [-0.05, 0) is 76.6 Å². The van der Waals surface area contributed by atoms with Gasteiger partial charge in [0.15, 0.2) is 0 Å². The molecule has 4 rings (SSSR count). The monoisotopic (exact) mass is 586 g/mol. The largest absolute Gasteiger partial charge is 0.447 e. The summed E-state index contributed by atoms with van der Waals surface area (Å²) in [6, 6.07) is 3.49. The van der Waals surface area contributed by atoms with Gasteiger partial charge in [0.1, 0.15) is 28.6 Å². The molecule has 1 saturated heterocycles. The molecule has 3 amide bonds. The van der Waals surface area contributed by atoms with Crippen LogP contribution >= 0.6 is 11.3 Å². The van der Waals surface area contributed by atoms with Crippen molar-refractivity contribution in [2.45, 2.75) is 89.9 Å². The van der Waals surface area contributed by atoms with E-state index in [1.807, 2.05) is 0 Å². The van der Waals surface area contributed by atoms with E-state index in [-0.39, 0.29) is 35.4 Å². The molecular formula is C30H39FN4O5S. The number of carbonyl (C=O) groups excluding carboxylic acids is 4. The summed E-state index contributed by atoms with van der Waals surface area (Å²) < 4.78 is 18.5. The quantitative estimate of drug-likeness (QED) is 0.409.